The summed E-state index contributed by atoms with van der Waals surface area (Å²) in [7, 11) is -3.83. The summed E-state index contributed by atoms with van der Waals surface area (Å²) in [5.41, 5.74) is -0.339. The van der Waals surface area contributed by atoms with E-state index >= 15 is 0 Å². The number of benzene rings is 1. The van der Waals surface area contributed by atoms with Crippen molar-refractivity contribution in [1.29, 1.82) is 0 Å². The van der Waals surface area contributed by atoms with Crippen LogP contribution in [0, 0.1) is 10.1 Å². The Balaban J connectivity index is 1.98. The standard InChI is InChI=1S/C14H14N6O4S2/c1-9(2)18-26(23,24)10-4-5-12(11(8-10)20(21)22)25-14-16-13-15-6-3-7-19(13)17-14/h3-9,18H,1-2H3. The maximum atomic E-state index is 12.2. The predicted molar refractivity (Wildman–Crippen MR) is 93.5 cm³/mol. The minimum absolute atomic E-state index is 0.174. The highest BCUT2D eigenvalue weighted by atomic mass is 32.2. The Bertz CT molecular complexity index is 1050. The van der Waals surface area contributed by atoms with Crippen molar-refractivity contribution >= 4 is 33.3 Å². The van der Waals surface area contributed by atoms with Crippen LogP contribution in [0.25, 0.3) is 5.78 Å². The fourth-order valence-electron chi connectivity index (χ4n) is 2.13. The minimum atomic E-state index is -3.83. The van der Waals surface area contributed by atoms with Gasteiger partial charge in [-0.2, -0.15) is 4.98 Å². The number of hydrogen-bond acceptors (Lipinski definition) is 8. The first-order valence-electron chi connectivity index (χ1n) is 7.42. The van der Waals surface area contributed by atoms with E-state index < -0.39 is 14.9 Å². The molecule has 0 fully saturated rings. The normalized spacial score (nSPS) is 12.0. The number of rotatable bonds is 6. The molecule has 0 amide bonds. The van der Waals surface area contributed by atoms with Crippen LogP contribution in [0.15, 0.2) is 51.6 Å². The lowest BCUT2D eigenvalue weighted by Gasteiger charge is -2.10. The van der Waals surface area contributed by atoms with E-state index in [9.17, 15) is 18.5 Å². The zero-order chi connectivity index (χ0) is 18.9. The molecule has 2 aromatic heterocycles. The van der Waals surface area contributed by atoms with Crippen LogP contribution in [0.5, 0.6) is 0 Å². The first-order chi connectivity index (χ1) is 12.3. The molecule has 3 aromatic rings. The van der Waals surface area contributed by atoms with Crippen molar-refractivity contribution in [3.05, 3.63) is 46.8 Å². The monoisotopic (exact) mass is 394 g/mol. The summed E-state index contributed by atoms with van der Waals surface area (Å²) in [5.74, 6) is 0.359. The van der Waals surface area contributed by atoms with Crippen molar-refractivity contribution in [2.45, 2.75) is 34.8 Å². The van der Waals surface area contributed by atoms with Crippen LogP contribution in [0.3, 0.4) is 0 Å². The van der Waals surface area contributed by atoms with E-state index in [1.807, 2.05) is 0 Å². The van der Waals surface area contributed by atoms with Gasteiger partial charge in [-0.05, 0) is 43.8 Å². The Hall–Kier alpha value is -2.57. The molecule has 0 saturated heterocycles. The van der Waals surface area contributed by atoms with Gasteiger partial charge >= 0.3 is 0 Å². The van der Waals surface area contributed by atoms with Crippen molar-refractivity contribution in [3.8, 4) is 0 Å². The number of fused-ring (bicyclic) bond motifs is 1. The summed E-state index contributed by atoms with van der Waals surface area (Å²) < 4.78 is 28.3. The van der Waals surface area contributed by atoms with E-state index in [0.29, 0.717) is 5.78 Å². The SMILES string of the molecule is CC(C)NS(=O)(=O)c1ccc(Sc2nc3ncccn3n2)c([N+](=O)[O-])c1. The Morgan fingerprint density at radius 3 is 2.77 bits per heavy atom. The molecule has 0 radical (unpaired) electrons. The molecule has 1 aromatic carbocycles. The summed E-state index contributed by atoms with van der Waals surface area (Å²) in [6.45, 7) is 3.33. The summed E-state index contributed by atoms with van der Waals surface area (Å²) in [6.07, 6.45) is 3.21. The maximum Gasteiger partial charge on any atom is 0.284 e. The third kappa shape index (κ3) is 3.81. The van der Waals surface area contributed by atoms with Gasteiger partial charge in [-0.15, -0.1) is 5.10 Å². The predicted octanol–water partition coefficient (Wildman–Crippen LogP) is 1.87. The molecule has 0 saturated carbocycles. The van der Waals surface area contributed by atoms with Crippen LogP contribution in [0.2, 0.25) is 0 Å². The second-order valence-electron chi connectivity index (χ2n) is 5.52. The molecule has 10 nitrogen and oxygen atoms in total. The summed E-state index contributed by atoms with van der Waals surface area (Å²) in [4.78, 5) is 19.0. The Labute approximate surface area is 152 Å². The van der Waals surface area contributed by atoms with Gasteiger partial charge in [-0.25, -0.2) is 22.6 Å². The molecule has 0 bridgehead atoms. The van der Waals surface area contributed by atoms with Crippen molar-refractivity contribution < 1.29 is 13.3 Å². The highest BCUT2D eigenvalue weighted by Crippen LogP contribution is 2.34. The third-order valence-corrected chi connectivity index (χ3v) is 5.70. The van der Waals surface area contributed by atoms with Crippen molar-refractivity contribution in [2.24, 2.45) is 0 Å². The number of nitrogens with one attached hydrogen (secondary N) is 1. The molecule has 136 valence electrons. The average molecular weight is 394 g/mol. The molecule has 0 atom stereocenters. The lowest BCUT2D eigenvalue weighted by molar-refractivity contribution is -0.388. The van der Waals surface area contributed by atoms with Crippen LogP contribution < -0.4 is 4.72 Å². The zero-order valence-electron chi connectivity index (χ0n) is 13.7. The fraction of sp³-hybridized carbons (Fsp3) is 0.214. The highest BCUT2D eigenvalue weighted by Gasteiger charge is 2.23. The summed E-state index contributed by atoms with van der Waals surface area (Å²) in [5, 5.41) is 15.8. The van der Waals surface area contributed by atoms with Gasteiger partial charge in [-0.1, -0.05) is 0 Å². The van der Waals surface area contributed by atoms with Crippen LogP contribution in [0.4, 0.5) is 5.69 Å². The average Bonchev–Trinajstić information content (AvgIpc) is 2.95. The number of sulfonamides is 1. The summed E-state index contributed by atoms with van der Waals surface area (Å²) in [6, 6.07) is 5.06. The molecule has 2 heterocycles. The van der Waals surface area contributed by atoms with Crippen LogP contribution >= 0.6 is 11.8 Å². The van der Waals surface area contributed by atoms with Crippen molar-refractivity contribution in [2.75, 3.05) is 0 Å². The van der Waals surface area contributed by atoms with Crippen LogP contribution in [-0.4, -0.2) is 39.0 Å². The lowest BCUT2D eigenvalue weighted by atomic mass is 10.3. The second kappa shape index (κ2) is 6.97. The third-order valence-electron chi connectivity index (χ3n) is 3.13. The van der Waals surface area contributed by atoms with Gasteiger partial charge in [0.1, 0.15) is 0 Å². The second-order valence-corrected chi connectivity index (χ2v) is 8.25. The van der Waals surface area contributed by atoms with E-state index in [1.165, 1.54) is 16.6 Å². The number of aromatic nitrogens is 4. The van der Waals surface area contributed by atoms with E-state index in [4.69, 9.17) is 0 Å². The molecule has 0 aliphatic carbocycles. The Morgan fingerprint density at radius 2 is 2.12 bits per heavy atom. The van der Waals surface area contributed by atoms with Gasteiger partial charge in [0.15, 0.2) is 0 Å². The van der Waals surface area contributed by atoms with Gasteiger partial charge in [0.2, 0.25) is 15.2 Å². The van der Waals surface area contributed by atoms with E-state index in [0.717, 1.165) is 17.8 Å². The fourth-order valence-corrected chi connectivity index (χ4v) is 4.22. The number of nitro groups is 1. The quantitative estimate of drug-likeness (QED) is 0.495. The Kier molecular flexibility index (Phi) is 4.89. The van der Waals surface area contributed by atoms with Crippen molar-refractivity contribution in [3.63, 3.8) is 0 Å². The number of nitro benzene ring substituents is 1. The molecule has 1 N–H and O–H groups in total. The van der Waals surface area contributed by atoms with Crippen LogP contribution in [0.1, 0.15) is 13.8 Å². The minimum Gasteiger partial charge on any atom is -0.258 e. The smallest absolute Gasteiger partial charge is 0.258 e. The first-order valence-corrected chi connectivity index (χ1v) is 9.72. The van der Waals surface area contributed by atoms with Gasteiger partial charge in [-0.3, -0.25) is 10.1 Å². The largest absolute Gasteiger partial charge is 0.284 e. The molecule has 12 heteroatoms. The molecule has 26 heavy (non-hydrogen) atoms. The van der Waals surface area contributed by atoms with Crippen molar-refractivity contribution in [1.82, 2.24) is 24.3 Å². The van der Waals surface area contributed by atoms with E-state index in [1.54, 1.807) is 32.3 Å². The van der Waals surface area contributed by atoms with Gasteiger partial charge in [0.05, 0.1) is 14.7 Å². The Morgan fingerprint density at radius 1 is 1.35 bits per heavy atom. The molecule has 0 aliphatic heterocycles. The molecule has 0 aliphatic rings. The highest BCUT2D eigenvalue weighted by molar-refractivity contribution is 7.99. The molecular formula is C14H14N6O4S2. The topological polar surface area (TPSA) is 132 Å². The number of nitrogens with zero attached hydrogens (tertiary/aromatic N) is 5. The van der Waals surface area contributed by atoms with E-state index in [2.05, 4.69) is 19.8 Å². The van der Waals surface area contributed by atoms with E-state index in [-0.39, 0.29) is 26.7 Å². The first kappa shape index (κ1) is 18.2. The number of hydrogen-bond donors (Lipinski definition) is 1. The maximum absolute atomic E-state index is 12.2. The molecule has 0 unspecified atom stereocenters. The molecule has 0 spiro atoms. The summed E-state index contributed by atoms with van der Waals surface area (Å²) >= 11 is 0.962. The van der Waals surface area contributed by atoms with Crippen LogP contribution in [-0.2, 0) is 10.0 Å². The van der Waals surface area contributed by atoms with Gasteiger partial charge in [0, 0.05) is 24.5 Å². The molecule has 3 rings (SSSR count). The molecular weight excluding hydrogens is 380 g/mol. The van der Waals surface area contributed by atoms with Gasteiger partial charge in [0.25, 0.3) is 11.5 Å². The zero-order valence-corrected chi connectivity index (χ0v) is 15.4. The lowest BCUT2D eigenvalue weighted by Crippen LogP contribution is -2.30. The van der Waals surface area contributed by atoms with Gasteiger partial charge < -0.3 is 0 Å².